The highest BCUT2D eigenvalue weighted by Crippen LogP contribution is 2.03. The molecule has 0 aromatic heterocycles. The zero-order valence-electron chi connectivity index (χ0n) is 35.8. The van der Waals surface area contributed by atoms with E-state index in [2.05, 4.69) is 5.32 Å². The maximum Gasteiger partial charge on any atom is 0.332 e. The number of carbonyl (C=O) groups excluding carboxylic acids is 1. The Balaban J connectivity index is 1.59. The molecule has 0 radical (unpaired) electrons. The Labute approximate surface area is 351 Å². The molecule has 1 N–H and O–H groups in total. The Hall–Kier alpha value is -1.25. The van der Waals surface area contributed by atoms with E-state index >= 15 is 0 Å². The number of methoxy groups -OCH3 is 1. The molecule has 59 heavy (non-hydrogen) atoms. The van der Waals surface area contributed by atoms with Crippen LogP contribution < -0.4 is 5.32 Å². The van der Waals surface area contributed by atoms with Gasteiger partial charge in [0.25, 0.3) is 0 Å². The molecule has 1 aliphatic rings. The monoisotopic (exact) mass is 864 g/mol. The van der Waals surface area contributed by atoms with Gasteiger partial charge in [0, 0.05) is 13.7 Å². The number of carbonyl (C=O) groups is 1. The second-order valence-electron chi connectivity index (χ2n) is 12.3. The molecule has 20 heteroatoms. The molecule has 1 fully saturated rings. The first kappa shape index (κ1) is 55.8. The van der Waals surface area contributed by atoms with Crippen LogP contribution in [0.1, 0.15) is 6.42 Å². The summed E-state index contributed by atoms with van der Waals surface area (Å²) in [5.41, 5.74) is 0. The van der Waals surface area contributed by atoms with Crippen molar-refractivity contribution in [3.8, 4) is 0 Å². The minimum atomic E-state index is -0.343. The SMILES string of the molecule is COCCOCCOCCOCCOCCOCCOCCOCCOCCOCCOCCOCCOCCOCCOCCOCCOCC(=O)OC1CCNC1. The fourth-order valence-corrected chi connectivity index (χ4v) is 4.55. The highest BCUT2D eigenvalue weighted by atomic mass is 16.6. The highest BCUT2D eigenvalue weighted by Gasteiger charge is 2.18. The second kappa shape index (κ2) is 49.4. The first-order chi connectivity index (χ1) is 29.3. The van der Waals surface area contributed by atoms with Crippen LogP contribution in [0.4, 0.5) is 0 Å². The van der Waals surface area contributed by atoms with Crippen molar-refractivity contribution in [1.29, 1.82) is 0 Å². The van der Waals surface area contributed by atoms with Crippen LogP contribution >= 0.6 is 0 Å². The molecule has 0 amide bonds. The zero-order valence-corrected chi connectivity index (χ0v) is 35.8. The summed E-state index contributed by atoms with van der Waals surface area (Å²) >= 11 is 0. The first-order valence-corrected chi connectivity index (χ1v) is 21.0. The number of nitrogens with one attached hydrogen (secondary N) is 1. The van der Waals surface area contributed by atoms with E-state index in [0.29, 0.717) is 218 Å². The van der Waals surface area contributed by atoms with Crippen molar-refractivity contribution in [2.45, 2.75) is 12.5 Å². The number of esters is 1. The van der Waals surface area contributed by atoms with Crippen molar-refractivity contribution in [2.75, 3.05) is 238 Å². The molecule has 0 saturated carbocycles. The van der Waals surface area contributed by atoms with Crippen molar-refractivity contribution < 1.29 is 90.1 Å². The van der Waals surface area contributed by atoms with Gasteiger partial charge in [0.2, 0.25) is 0 Å². The lowest BCUT2D eigenvalue weighted by atomic mass is 10.3. The molecule has 0 spiro atoms. The summed E-state index contributed by atoms with van der Waals surface area (Å²) in [6.07, 6.45) is 0.802. The van der Waals surface area contributed by atoms with Gasteiger partial charge in [0.05, 0.1) is 211 Å². The average molecular weight is 864 g/mol. The molecule has 1 unspecified atom stereocenters. The van der Waals surface area contributed by atoms with Gasteiger partial charge in [-0.15, -0.1) is 0 Å². The number of hydrogen-bond acceptors (Lipinski definition) is 20. The lowest BCUT2D eigenvalue weighted by molar-refractivity contribution is -0.154. The van der Waals surface area contributed by atoms with Crippen molar-refractivity contribution in [2.24, 2.45) is 0 Å². The molecule has 0 bridgehead atoms. The van der Waals surface area contributed by atoms with Crippen LogP contribution in [0.25, 0.3) is 0 Å². The van der Waals surface area contributed by atoms with Crippen molar-refractivity contribution in [3.05, 3.63) is 0 Å². The Morgan fingerprint density at radius 1 is 0.356 bits per heavy atom. The van der Waals surface area contributed by atoms with Gasteiger partial charge in [-0.2, -0.15) is 0 Å². The Kier molecular flexibility index (Phi) is 46.7. The minimum absolute atomic E-state index is 0.0441. The summed E-state index contributed by atoms with van der Waals surface area (Å²) in [6, 6.07) is 0. The van der Waals surface area contributed by atoms with Crippen LogP contribution in [0.5, 0.6) is 0 Å². The quantitative estimate of drug-likeness (QED) is 0.0624. The van der Waals surface area contributed by atoms with E-state index in [-0.39, 0.29) is 18.7 Å². The summed E-state index contributed by atoms with van der Waals surface area (Å²) in [5, 5.41) is 3.14. The van der Waals surface area contributed by atoms with Gasteiger partial charge in [0.1, 0.15) is 12.7 Å². The van der Waals surface area contributed by atoms with E-state index in [0.717, 1.165) is 13.0 Å². The first-order valence-electron chi connectivity index (χ1n) is 21.0. The van der Waals surface area contributed by atoms with E-state index in [4.69, 9.17) is 85.3 Å². The average Bonchev–Trinajstić information content (AvgIpc) is 3.76. The van der Waals surface area contributed by atoms with Crippen LogP contribution in [0.2, 0.25) is 0 Å². The largest absolute Gasteiger partial charge is 0.459 e. The van der Waals surface area contributed by atoms with E-state index in [1.54, 1.807) is 7.11 Å². The predicted octanol–water partition coefficient (Wildman–Crippen LogP) is -0.196. The Morgan fingerprint density at radius 3 is 0.780 bits per heavy atom. The lowest BCUT2D eigenvalue weighted by Crippen LogP contribution is -2.24. The number of rotatable bonds is 51. The van der Waals surface area contributed by atoms with Gasteiger partial charge >= 0.3 is 5.97 Å². The molecule has 0 aromatic carbocycles. The Morgan fingerprint density at radius 2 is 0.576 bits per heavy atom. The summed E-state index contributed by atoms with van der Waals surface area (Å²) in [4.78, 5) is 11.6. The topological polar surface area (TPSA) is 195 Å². The van der Waals surface area contributed by atoms with Gasteiger partial charge in [-0.25, -0.2) is 4.79 Å². The maximum atomic E-state index is 11.6. The predicted molar refractivity (Wildman–Crippen MR) is 212 cm³/mol. The molecule has 1 saturated heterocycles. The van der Waals surface area contributed by atoms with E-state index in [9.17, 15) is 4.79 Å². The molecule has 1 rings (SSSR count). The maximum absolute atomic E-state index is 11.6. The van der Waals surface area contributed by atoms with Crippen LogP contribution in [0.3, 0.4) is 0 Å². The third kappa shape index (κ3) is 46.1. The summed E-state index contributed by atoms with van der Waals surface area (Å²) in [7, 11) is 1.64. The van der Waals surface area contributed by atoms with Crippen LogP contribution in [0.15, 0.2) is 0 Å². The normalized spacial score (nSPS) is 14.2. The van der Waals surface area contributed by atoms with E-state index in [1.807, 2.05) is 0 Å². The fraction of sp³-hybridized carbons (Fsp3) is 0.974. The van der Waals surface area contributed by atoms with Crippen molar-refractivity contribution in [3.63, 3.8) is 0 Å². The molecule has 0 aromatic rings. The van der Waals surface area contributed by atoms with Gasteiger partial charge in [-0.1, -0.05) is 0 Å². The van der Waals surface area contributed by atoms with Crippen molar-refractivity contribution >= 4 is 5.97 Å². The van der Waals surface area contributed by atoms with Gasteiger partial charge in [0.15, 0.2) is 0 Å². The standard InChI is InChI=1S/C39H77NO19/c1-42-4-5-43-6-7-44-8-9-45-10-11-46-12-13-47-14-15-48-16-17-49-18-19-50-20-21-51-22-23-52-24-25-53-26-27-54-28-29-55-30-31-56-32-33-57-34-35-58-37-39(41)59-38-2-3-40-36-38/h38,40H,2-37H2,1H3. The van der Waals surface area contributed by atoms with Crippen LogP contribution in [-0.2, 0) is 90.1 Å². The molecular formula is C39H77NO19. The minimum Gasteiger partial charge on any atom is -0.459 e. The van der Waals surface area contributed by atoms with E-state index < -0.39 is 0 Å². The van der Waals surface area contributed by atoms with Crippen molar-refractivity contribution in [1.82, 2.24) is 5.32 Å². The molecule has 352 valence electrons. The smallest absolute Gasteiger partial charge is 0.332 e. The zero-order chi connectivity index (χ0) is 42.0. The molecule has 1 atom stereocenters. The summed E-state index contributed by atoms with van der Waals surface area (Å²) in [6.45, 7) is 17.3. The second-order valence-corrected chi connectivity index (χ2v) is 12.3. The third-order valence-electron chi connectivity index (χ3n) is 7.55. The lowest BCUT2D eigenvalue weighted by Gasteiger charge is -2.11. The fourth-order valence-electron chi connectivity index (χ4n) is 4.55. The third-order valence-corrected chi connectivity index (χ3v) is 7.55. The van der Waals surface area contributed by atoms with Crippen LogP contribution in [-0.4, -0.2) is 250 Å². The van der Waals surface area contributed by atoms with E-state index in [1.165, 1.54) is 0 Å². The Bertz CT molecular complexity index is 818. The number of ether oxygens (including phenoxy) is 18. The molecular weight excluding hydrogens is 786 g/mol. The molecule has 20 nitrogen and oxygen atoms in total. The molecule has 1 aliphatic heterocycles. The molecule has 0 aliphatic carbocycles. The van der Waals surface area contributed by atoms with Gasteiger partial charge < -0.3 is 90.6 Å². The van der Waals surface area contributed by atoms with Gasteiger partial charge in [-0.3, -0.25) is 0 Å². The summed E-state index contributed by atoms with van der Waals surface area (Å²) < 4.78 is 97.3. The number of hydrogen-bond donors (Lipinski definition) is 1. The van der Waals surface area contributed by atoms with Gasteiger partial charge in [-0.05, 0) is 13.0 Å². The molecule has 1 heterocycles. The summed E-state index contributed by atoms with van der Waals surface area (Å²) in [5.74, 6) is -0.343. The van der Waals surface area contributed by atoms with Crippen LogP contribution in [0, 0.1) is 0 Å². The highest BCUT2D eigenvalue weighted by molar-refractivity contribution is 5.70.